The zero-order valence-electron chi connectivity index (χ0n) is 9.66. The van der Waals surface area contributed by atoms with Crippen LogP contribution in [0.25, 0.3) is 0 Å². The van der Waals surface area contributed by atoms with E-state index in [0.717, 1.165) is 23.7 Å². The quantitative estimate of drug-likeness (QED) is 0.474. The van der Waals surface area contributed by atoms with Crippen LogP contribution in [0, 0.1) is 0 Å². The molecule has 1 rings (SSSR count). The lowest BCUT2D eigenvalue weighted by Gasteiger charge is -2.20. The molecule has 0 aliphatic carbocycles. The molecular formula is C11H19N3S. The number of hydrogen-bond acceptors (Lipinski definition) is 4. The molecule has 0 aromatic carbocycles. The molecule has 84 valence electrons. The van der Waals surface area contributed by atoms with Crippen molar-refractivity contribution in [1.29, 1.82) is 0 Å². The molecule has 1 aromatic heterocycles. The summed E-state index contributed by atoms with van der Waals surface area (Å²) in [5, 5.41) is 4.52. The Balaban J connectivity index is 2.08. The summed E-state index contributed by atoms with van der Waals surface area (Å²) >= 11 is 1.78. The first-order valence-electron chi connectivity index (χ1n) is 5.22. The van der Waals surface area contributed by atoms with Crippen LogP contribution in [-0.2, 0) is 0 Å². The number of nitrogens with zero attached hydrogens (tertiary/aromatic N) is 2. The van der Waals surface area contributed by atoms with Crippen LogP contribution in [-0.4, -0.2) is 27.8 Å². The Labute approximate surface area is 96.1 Å². The third-order valence-electron chi connectivity index (χ3n) is 1.78. The maximum Gasteiger partial charge on any atom is 0.116 e. The zero-order chi connectivity index (χ0) is 11.1. The van der Waals surface area contributed by atoms with Crippen LogP contribution in [0.4, 0.5) is 0 Å². The summed E-state index contributed by atoms with van der Waals surface area (Å²) in [5.41, 5.74) is 0.222. The van der Waals surface area contributed by atoms with Crippen LogP contribution in [0.1, 0.15) is 27.2 Å². The summed E-state index contributed by atoms with van der Waals surface area (Å²) in [6, 6.07) is 1.95. The topological polar surface area (TPSA) is 37.8 Å². The highest BCUT2D eigenvalue weighted by Gasteiger charge is 2.06. The number of aromatic nitrogens is 2. The molecule has 0 fully saturated rings. The predicted molar refractivity (Wildman–Crippen MR) is 65.1 cm³/mol. The molecule has 0 aliphatic heterocycles. The second-order valence-electron chi connectivity index (χ2n) is 4.43. The summed E-state index contributed by atoms with van der Waals surface area (Å²) < 4.78 is 0. The molecule has 0 saturated carbocycles. The van der Waals surface area contributed by atoms with Crippen molar-refractivity contribution in [2.24, 2.45) is 0 Å². The first-order valence-corrected chi connectivity index (χ1v) is 6.20. The van der Waals surface area contributed by atoms with Gasteiger partial charge in [-0.3, -0.25) is 0 Å². The van der Waals surface area contributed by atoms with E-state index in [-0.39, 0.29) is 5.54 Å². The lowest BCUT2D eigenvalue weighted by Crippen LogP contribution is -2.36. The lowest BCUT2D eigenvalue weighted by molar-refractivity contribution is 0.427. The number of rotatable bonds is 5. The largest absolute Gasteiger partial charge is 0.312 e. The van der Waals surface area contributed by atoms with E-state index >= 15 is 0 Å². The summed E-state index contributed by atoms with van der Waals surface area (Å²) in [6.07, 6.45) is 4.53. The van der Waals surface area contributed by atoms with Gasteiger partial charge in [0.1, 0.15) is 6.33 Å². The van der Waals surface area contributed by atoms with Crippen LogP contribution in [0.5, 0.6) is 0 Å². The standard InChI is InChI=1S/C11H19N3S/c1-11(2,3)14-6-4-8-15-10-5-7-12-9-13-10/h5,7,9,14H,4,6,8H2,1-3H3. The van der Waals surface area contributed by atoms with E-state index in [1.807, 2.05) is 6.07 Å². The summed E-state index contributed by atoms with van der Waals surface area (Å²) in [7, 11) is 0. The summed E-state index contributed by atoms with van der Waals surface area (Å²) in [5.74, 6) is 1.10. The third-order valence-corrected chi connectivity index (χ3v) is 2.81. The van der Waals surface area contributed by atoms with Crippen molar-refractivity contribution in [3.05, 3.63) is 18.6 Å². The van der Waals surface area contributed by atoms with Gasteiger partial charge in [-0.15, -0.1) is 11.8 Å². The molecule has 0 radical (unpaired) electrons. The number of nitrogens with one attached hydrogen (secondary N) is 1. The highest BCUT2D eigenvalue weighted by molar-refractivity contribution is 7.99. The van der Waals surface area contributed by atoms with E-state index in [9.17, 15) is 0 Å². The van der Waals surface area contributed by atoms with Gasteiger partial charge in [-0.2, -0.15) is 0 Å². The molecule has 0 atom stereocenters. The Hall–Kier alpha value is -0.610. The Morgan fingerprint density at radius 1 is 1.40 bits per heavy atom. The molecule has 0 saturated heterocycles. The van der Waals surface area contributed by atoms with E-state index in [1.54, 1.807) is 24.3 Å². The fourth-order valence-corrected chi connectivity index (χ4v) is 1.85. The van der Waals surface area contributed by atoms with E-state index < -0.39 is 0 Å². The van der Waals surface area contributed by atoms with Gasteiger partial charge < -0.3 is 5.32 Å². The highest BCUT2D eigenvalue weighted by Crippen LogP contribution is 2.13. The Kier molecular flexibility index (Phi) is 5.05. The zero-order valence-corrected chi connectivity index (χ0v) is 10.5. The molecule has 0 bridgehead atoms. The second kappa shape index (κ2) is 6.08. The van der Waals surface area contributed by atoms with Crippen molar-refractivity contribution in [3.63, 3.8) is 0 Å². The molecule has 1 heterocycles. The van der Waals surface area contributed by atoms with Gasteiger partial charge in [0.05, 0.1) is 5.03 Å². The minimum Gasteiger partial charge on any atom is -0.312 e. The van der Waals surface area contributed by atoms with Crippen molar-refractivity contribution in [1.82, 2.24) is 15.3 Å². The fourth-order valence-electron chi connectivity index (χ4n) is 1.08. The second-order valence-corrected chi connectivity index (χ2v) is 5.54. The Morgan fingerprint density at radius 3 is 2.80 bits per heavy atom. The number of hydrogen-bond donors (Lipinski definition) is 1. The normalized spacial score (nSPS) is 11.7. The van der Waals surface area contributed by atoms with Gasteiger partial charge in [-0.1, -0.05) is 0 Å². The van der Waals surface area contributed by atoms with Gasteiger partial charge in [-0.25, -0.2) is 9.97 Å². The van der Waals surface area contributed by atoms with Gasteiger partial charge >= 0.3 is 0 Å². The highest BCUT2D eigenvalue weighted by atomic mass is 32.2. The van der Waals surface area contributed by atoms with Gasteiger partial charge in [0.15, 0.2) is 0 Å². The molecular weight excluding hydrogens is 206 g/mol. The monoisotopic (exact) mass is 225 g/mol. The molecule has 4 heteroatoms. The minimum absolute atomic E-state index is 0.222. The number of thioether (sulfide) groups is 1. The van der Waals surface area contributed by atoms with Crippen molar-refractivity contribution in [2.45, 2.75) is 37.8 Å². The maximum atomic E-state index is 4.16. The molecule has 0 amide bonds. The van der Waals surface area contributed by atoms with Crippen LogP contribution < -0.4 is 5.32 Å². The van der Waals surface area contributed by atoms with Gasteiger partial charge in [-0.05, 0) is 39.8 Å². The summed E-state index contributed by atoms with van der Waals surface area (Å²) in [6.45, 7) is 7.61. The smallest absolute Gasteiger partial charge is 0.116 e. The van der Waals surface area contributed by atoms with E-state index in [2.05, 4.69) is 36.1 Å². The molecule has 1 aromatic rings. The van der Waals surface area contributed by atoms with Crippen molar-refractivity contribution in [3.8, 4) is 0 Å². The molecule has 0 unspecified atom stereocenters. The first kappa shape index (κ1) is 12.5. The van der Waals surface area contributed by atoms with Crippen LogP contribution >= 0.6 is 11.8 Å². The third kappa shape index (κ3) is 6.47. The summed E-state index contributed by atoms with van der Waals surface area (Å²) in [4.78, 5) is 8.04. The Morgan fingerprint density at radius 2 is 2.20 bits per heavy atom. The van der Waals surface area contributed by atoms with Crippen molar-refractivity contribution in [2.75, 3.05) is 12.3 Å². The molecule has 1 N–H and O–H groups in total. The minimum atomic E-state index is 0.222. The van der Waals surface area contributed by atoms with Crippen LogP contribution in [0.2, 0.25) is 0 Å². The SMILES string of the molecule is CC(C)(C)NCCCSc1ccncn1. The first-order chi connectivity index (χ1) is 7.08. The lowest BCUT2D eigenvalue weighted by atomic mass is 10.1. The van der Waals surface area contributed by atoms with Crippen molar-refractivity contribution >= 4 is 11.8 Å². The van der Waals surface area contributed by atoms with Gasteiger partial charge in [0, 0.05) is 17.5 Å². The average molecular weight is 225 g/mol. The predicted octanol–water partition coefficient (Wildman–Crippen LogP) is 2.35. The van der Waals surface area contributed by atoms with Gasteiger partial charge in [0.25, 0.3) is 0 Å². The molecule has 3 nitrogen and oxygen atoms in total. The van der Waals surface area contributed by atoms with Crippen LogP contribution in [0.3, 0.4) is 0 Å². The van der Waals surface area contributed by atoms with Gasteiger partial charge in [0.2, 0.25) is 0 Å². The van der Waals surface area contributed by atoms with Crippen molar-refractivity contribution < 1.29 is 0 Å². The van der Waals surface area contributed by atoms with Crippen LogP contribution in [0.15, 0.2) is 23.6 Å². The average Bonchev–Trinajstić information content (AvgIpc) is 2.17. The van der Waals surface area contributed by atoms with E-state index in [1.165, 1.54) is 0 Å². The fraction of sp³-hybridized carbons (Fsp3) is 0.636. The maximum absolute atomic E-state index is 4.16. The Bertz CT molecular complexity index is 269. The molecule has 15 heavy (non-hydrogen) atoms. The van der Waals surface area contributed by atoms with E-state index in [0.29, 0.717) is 0 Å². The molecule has 0 aliphatic rings. The van der Waals surface area contributed by atoms with E-state index in [4.69, 9.17) is 0 Å². The molecule has 0 spiro atoms.